The Morgan fingerprint density at radius 2 is 1.86 bits per heavy atom. The molecule has 4 nitrogen and oxygen atoms in total. The molecule has 1 aromatic carbocycles. The Labute approximate surface area is 127 Å². The minimum absolute atomic E-state index is 0.0526. The molecule has 0 spiro atoms. The molecule has 0 bridgehead atoms. The summed E-state index contributed by atoms with van der Waals surface area (Å²) in [5, 5.41) is 0. The number of anilines is 1. The van der Waals surface area contributed by atoms with E-state index in [9.17, 15) is 0 Å². The van der Waals surface area contributed by atoms with E-state index in [2.05, 4.69) is 32.3 Å². The summed E-state index contributed by atoms with van der Waals surface area (Å²) in [6.07, 6.45) is 0. The molecule has 0 saturated carbocycles. The summed E-state index contributed by atoms with van der Waals surface area (Å²) < 4.78 is 7.79. The first-order chi connectivity index (χ1) is 9.90. The van der Waals surface area contributed by atoms with Crippen LogP contribution in [0.25, 0.3) is 11.3 Å². The normalized spacial score (nSPS) is 11.7. The number of nitrogens with two attached hydrogens (primary N) is 1. The quantitative estimate of drug-likeness (QED) is 0.929. The fourth-order valence-corrected chi connectivity index (χ4v) is 2.50. The van der Waals surface area contributed by atoms with Crippen LogP contribution in [-0.2, 0) is 12.0 Å². The second-order valence-corrected chi connectivity index (χ2v) is 6.09. The molecule has 2 N–H and O–H groups in total. The van der Waals surface area contributed by atoms with Gasteiger partial charge in [-0.1, -0.05) is 32.9 Å². The highest BCUT2D eigenvalue weighted by Crippen LogP contribution is 2.36. The van der Waals surface area contributed by atoms with Crippen molar-refractivity contribution in [2.75, 3.05) is 12.3 Å². The van der Waals surface area contributed by atoms with Gasteiger partial charge in [0.1, 0.15) is 23.1 Å². The van der Waals surface area contributed by atoms with Gasteiger partial charge in [-0.3, -0.25) is 0 Å². The van der Waals surface area contributed by atoms with Crippen molar-refractivity contribution in [3.63, 3.8) is 0 Å². The van der Waals surface area contributed by atoms with Crippen molar-refractivity contribution in [3.8, 4) is 17.0 Å². The Balaban J connectivity index is 2.63. The topological polar surface area (TPSA) is 53.1 Å². The first-order valence-corrected chi connectivity index (χ1v) is 7.48. The van der Waals surface area contributed by atoms with Crippen molar-refractivity contribution >= 4 is 5.82 Å². The van der Waals surface area contributed by atoms with Gasteiger partial charge in [-0.25, -0.2) is 4.98 Å². The average molecular weight is 287 g/mol. The Hall–Kier alpha value is -1.97. The summed E-state index contributed by atoms with van der Waals surface area (Å²) in [4.78, 5) is 4.82. The third-order valence-electron chi connectivity index (χ3n) is 3.44. The summed E-state index contributed by atoms with van der Waals surface area (Å²) in [5.41, 5.74) is 8.06. The molecular formula is C17H25N3O. The minimum atomic E-state index is -0.0526. The van der Waals surface area contributed by atoms with Crippen LogP contribution in [0.15, 0.2) is 24.3 Å². The van der Waals surface area contributed by atoms with Gasteiger partial charge in [0.25, 0.3) is 0 Å². The maximum Gasteiger partial charge on any atom is 0.131 e. The zero-order valence-electron chi connectivity index (χ0n) is 13.6. The maximum atomic E-state index is 6.35. The standard InChI is InChI=1S/C17H25N3O/c1-6-20-15(18)14(19-16(20)17(3,4)5)12-10-8-9-11-13(12)21-7-2/h8-11H,6-7,18H2,1-5H3. The van der Waals surface area contributed by atoms with E-state index in [1.54, 1.807) is 0 Å². The number of ether oxygens (including phenoxy) is 1. The van der Waals surface area contributed by atoms with Crippen LogP contribution in [0.1, 0.15) is 40.4 Å². The Bertz CT molecular complexity index is 623. The largest absolute Gasteiger partial charge is 0.493 e. The van der Waals surface area contributed by atoms with Crippen LogP contribution in [0.4, 0.5) is 5.82 Å². The van der Waals surface area contributed by atoms with E-state index in [-0.39, 0.29) is 5.41 Å². The van der Waals surface area contributed by atoms with Gasteiger partial charge in [0, 0.05) is 17.5 Å². The Kier molecular flexibility index (Phi) is 4.26. The van der Waals surface area contributed by atoms with Crippen LogP contribution >= 0.6 is 0 Å². The molecule has 2 aromatic rings. The van der Waals surface area contributed by atoms with Crippen LogP contribution in [0.5, 0.6) is 5.75 Å². The molecule has 2 rings (SSSR count). The zero-order chi connectivity index (χ0) is 15.6. The predicted octanol–water partition coefficient (Wildman–Crippen LogP) is 3.85. The van der Waals surface area contributed by atoms with E-state index in [0.717, 1.165) is 29.4 Å². The summed E-state index contributed by atoms with van der Waals surface area (Å²) in [7, 11) is 0. The first kappa shape index (κ1) is 15.4. The monoisotopic (exact) mass is 287 g/mol. The highest BCUT2D eigenvalue weighted by atomic mass is 16.5. The smallest absolute Gasteiger partial charge is 0.131 e. The number of para-hydroxylation sites is 1. The third-order valence-corrected chi connectivity index (χ3v) is 3.44. The number of benzene rings is 1. The Morgan fingerprint density at radius 1 is 1.19 bits per heavy atom. The molecular weight excluding hydrogens is 262 g/mol. The molecule has 1 aromatic heterocycles. The second kappa shape index (κ2) is 5.80. The lowest BCUT2D eigenvalue weighted by atomic mass is 9.95. The molecule has 0 atom stereocenters. The summed E-state index contributed by atoms with van der Waals surface area (Å²) >= 11 is 0. The van der Waals surface area contributed by atoms with Gasteiger partial charge < -0.3 is 15.0 Å². The number of hydrogen-bond donors (Lipinski definition) is 1. The lowest BCUT2D eigenvalue weighted by Gasteiger charge is -2.19. The molecule has 0 aliphatic rings. The van der Waals surface area contributed by atoms with Crippen molar-refractivity contribution in [2.24, 2.45) is 0 Å². The maximum absolute atomic E-state index is 6.35. The molecule has 0 saturated heterocycles. The van der Waals surface area contributed by atoms with Crippen molar-refractivity contribution in [1.82, 2.24) is 9.55 Å². The fourth-order valence-electron chi connectivity index (χ4n) is 2.50. The van der Waals surface area contributed by atoms with E-state index in [1.165, 1.54) is 0 Å². The molecule has 0 fully saturated rings. The number of nitrogens with zero attached hydrogens (tertiary/aromatic N) is 2. The van der Waals surface area contributed by atoms with Gasteiger partial charge in [0.2, 0.25) is 0 Å². The van der Waals surface area contributed by atoms with E-state index in [4.69, 9.17) is 15.5 Å². The lowest BCUT2D eigenvalue weighted by Crippen LogP contribution is -2.19. The SMILES string of the molecule is CCOc1ccccc1-c1nc(C(C)(C)C)n(CC)c1N. The van der Waals surface area contributed by atoms with Crippen molar-refractivity contribution in [2.45, 2.75) is 46.6 Å². The van der Waals surface area contributed by atoms with Crippen LogP contribution in [0, 0.1) is 0 Å². The highest BCUT2D eigenvalue weighted by Gasteiger charge is 2.25. The van der Waals surface area contributed by atoms with Gasteiger partial charge in [-0.2, -0.15) is 0 Å². The Morgan fingerprint density at radius 3 is 2.38 bits per heavy atom. The van der Waals surface area contributed by atoms with Gasteiger partial charge in [-0.05, 0) is 26.0 Å². The van der Waals surface area contributed by atoms with Gasteiger partial charge in [-0.15, -0.1) is 0 Å². The predicted molar refractivity (Wildman–Crippen MR) is 87.6 cm³/mol. The molecule has 21 heavy (non-hydrogen) atoms. The van der Waals surface area contributed by atoms with Crippen molar-refractivity contribution in [1.29, 1.82) is 0 Å². The van der Waals surface area contributed by atoms with Crippen LogP contribution in [0.3, 0.4) is 0 Å². The first-order valence-electron chi connectivity index (χ1n) is 7.48. The number of aromatic nitrogens is 2. The van der Waals surface area contributed by atoms with Crippen LogP contribution in [0.2, 0.25) is 0 Å². The molecule has 0 amide bonds. The van der Waals surface area contributed by atoms with Gasteiger partial charge >= 0.3 is 0 Å². The summed E-state index contributed by atoms with van der Waals surface area (Å²) in [5.74, 6) is 2.53. The molecule has 0 aliphatic carbocycles. The van der Waals surface area contributed by atoms with Crippen molar-refractivity contribution < 1.29 is 4.74 Å². The van der Waals surface area contributed by atoms with E-state index in [1.807, 2.05) is 31.2 Å². The number of rotatable bonds is 4. The second-order valence-electron chi connectivity index (χ2n) is 6.09. The highest BCUT2D eigenvalue weighted by molar-refractivity contribution is 5.76. The molecule has 0 aliphatic heterocycles. The molecule has 0 radical (unpaired) electrons. The van der Waals surface area contributed by atoms with Gasteiger partial charge in [0.05, 0.1) is 6.61 Å². The van der Waals surface area contributed by atoms with E-state index >= 15 is 0 Å². The number of nitrogen functional groups attached to an aromatic ring is 1. The molecule has 4 heteroatoms. The third kappa shape index (κ3) is 2.89. The minimum Gasteiger partial charge on any atom is -0.493 e. The van der Waals surface area contributed by atoms with E-state index in [0.29, 0.717) is 12.4 Å². The van der Waals surface area contributed by atoms with Crippen molar-refractivity contribution in [3.05, 3.63) is 30.1 Å². The van der Waals surface area contributed by atoms with Crippen LogP contribution in [-0.4, -0.2) is 16.2 Å². The van der Waals surface area contributed by atoms with Gasteiger partial charge in [0.15, 0.2) is 0 Å². The average Bonchev–Trinajstić information content (AvgIpc) is 2.76. The number of hydrogen-bond acceptors (Lipinski definition) is 3. The summed E-state index contributed by atoms with van der Waals surface area (Å²) in [6.45, 7) is 12.0. The van der Waals surface area contributed by atoms with E-state index < -0.39 is 0 Å². The molecule has 1 heterocycles. The molecule has 0 unspecified atom stereocenters. The fraction of sp³-hybridized carbons (Fsp3) is 0.471. The zero-order valence-corrected chi connectivity index (χ0v) is 13.6. The number of imidazole rings is 1. The van der Waals surface area contributed by atoms with Crippen LogP contribution < -0.4 is 10.5 Å². The summed E-state index contributed by atoms with van der Waals surface area (Å²) in [6, 6.07) is 7.92. The molecule has 114 valence electrons. The lowest BCUT2D eigenvalue weighted by molar-refractivity contribution is 0.341.